The SMILES string of the molecule is Cc1cccc(C2C=Cc3c(n(C)c4ccccc34)C2)c1. The van der Waals surface area contributed by atoms with Crippen LogP contribution in [-0.2, 0) is 13.5 Å². The van der Waals surface area contributed by atoms with Crippen LogP contribution in [0.25, 0.3) is 17.0 Å². The van der Waals surface area contributed by atoms with Crippen LogP contribution in [0.4, 0.5) is 0 Å². The Bertz CT molecular complexity index is 851. The number of aromatic nitrogens is 1. The first-order chi connectivity index (χ1) is 10.2. The van der Waals surface area contributed by atoms with E-state index in [2.05, 4.69) is 79.2 Å². The normalized spacial score (nSPS) is 17.1. The molecule has 104 valence electrons. The molecule has 1 nitrogen and oxygen atoms in total. The first kappa shape index (κ1) is 12.5. The lowest BCUT2D eigenvalue weighted by Crippen LogP contribution is -2.08. The molecule has 0 spiro atoms. The number of rotatable bonds is 1. The number of hydrogen-bond acceptors (Lipinski definition) is 0. The van der Waals surface area contributed by atoms with Gasteiger partial charge in [0.1, 0.15) is 0 Å². The lowest BCUT2D eigenvalue weighted by atomic mass is 9.87. The maximum absolute atomic E-state index is 2.36. The van der Waals surface area contributed by atoms with Crippen molar-refractivity contribution in [3.63, 3.8) is 0 Å². The zero-order valence-electron chi connectivity index (χ0n) is 12.5. The summed E-state index contributed by atoms with van der Waals surface area (Å²) < 4.78 is 2.36. The fourth-order valence-electron chi connectivity index (χ4n) is 3.53. The molecule has 21 heavy (non-hydrogen) atoms. The molecule has 0 aliphatic heterocycles. The van der Waals surface area contributed by atoms with Gasteiger partial charge in [-0.2, -0.15) is 0 Å². The van der Waals surface area contributed by atoms with E-state index in [0.717, 1.165) is 6.42 Å². The van der Waals surface area contributed by atoms with Crippen molar-refractivity contribution < 1.29 is 0 Å². The summed E-state index contributed by atoms with van der Waals surface area (Å²) in [5.74, 6) is 0.486. The van der Waals surface area contributed by atoms with Crippen LogP contribution in [-0.4, -0.2) is 4.57 Å². The summed E-state index contributed by atoms with van der Waals surface area (Å²) in [6.45, 7) is 2.16. The molecule has 0 fully saturated rings. The molecule has 0 N–H and O–H groups in total. The van der Waals surface area contributed by atoms with Crippen molar-refractivity contribution in [2.24, 2.45) is 7.05 Å². The molecule has 4 rings (SSSR count). The molecule has 1 atom stereocenters. The van der Waals surface area contributed by atoms with E-state index in [1.54, 1.807) is 0 Å². The molecule has 0 saturated carbocycles. The maximum atomic E-state index is 2.36. The summed E-state index contributed by atoms with van der Waals surface area (Å²) in [4.78, 5) is 0. The zero-order chi connectivity index (χ0) is 14.4. The molecular weight excluding hydrogens is 254 g/mol. The second kappa shape index (κ2) is 4.63. The minimum atomic E-state index is 0.486. The number of allylic oxidation sites excluding steroid dienone is 1. The Morgan fingerprint density at radius 2 is 1.90 bits per heavy atom. The van der Waals surface area contributed by atoms with E-state index in [0.29, 0.717) is 5.92 Å². The summed E-state index contributed by atoms with van der Waals surface area (Å²) in [7, 11) is 2.19. The minimum absolute atomic E-state index is 0.486. The van der Waals surface area contributed by atoms with E-state index >= 15 is 0 Å². The number of fused-ring (bicyclic) bond motifs is 3. The molecule has 3 aromatic rings. The van der Waals surface area contributed by atoms with Crippen molar-refractivity contribution in [3.05, 3.63) is 77.0 Å². The van der Waals surface area contributed by atoms with Crippen LogP contribution < -0.4 is 0 Å². The van der Waals surface area contributed by atoms with Crippen LogP contribution in [0.1, 0.15) is 28.3 Å². The summed E-state index contributed by atoms with van der Waals surface area (Å²) in [6.07, 6.45) is 5.76. The topological polar surface area (TPSA) is 4.93 Å². The molecule has 0 bridgehead atoms. The van der Waals surface area contributed by atoms with Gasteiger partial charge in [0.05, 0.1) is 0 Å². The van der Waals surface area contributed by atoms with Crippen molar-refractivity contribution in [1.29, 1.82) is 0 Å². The first-order valence-corrected chi connectivity index (χ1v) is 7.55. The largest absolute Gasteiger partial charge is 0.347 e. The van der Waals surface area contributed by atoms with Crippen molar-refractivity contribution in [2.75, 3.05) is 0 Å². The average molecular weight is 273 g/mol. The number of para-hydroxylation sites is 1. The molecule has 1 unspecified atom stereocenters. The highest BCUT2D eigenvalue weighted by molar-refractivity contribution is 5.92. The van der Waals surface area contributed by atoms with E-state index in [9.17, 15) is 0 Å². The lowest BCUT2D eigenvalue weighted by molar-refractivity contribution is 0.752. The zero-order valence-corrected chi connectivity index (χ0v) is 12.5. The van der Waals surface area contributed by atoms with Crippen LogP contribution in [0, 0.1) is 6.92 Å². The summed E-state index contributed by atoms with van der Waals surface area (Å²) in [6, 6.07) is 17.6. The molecule has 0 saturated heterocycles. The molecular formula is C20H19N. The van der Waals surface area contributed by atoms with E-state index in [4.69, 9.17) is 0 Å². The van der Waals surface area contributed by atoms with Gasteiger partial charge in [-0.25, -0.2) is 0 Å². The Hall–Kier alpha value is -2.28. The van der Waals surface area contributed by atoms with Gasteiger partial charge in [-0.15, -0.1) is 0 Å². The van der Waals surface area contributed by atoms with Crippen molar-refractivity contribution in [1.82, 2.24) is 4.57 Å². The van der Waals surface area contributed by atoms with Gasteiger partial charge in [0.15, 0.2) is 0 Å². The molecule has 0 radical (unpaired) electrons. The highest BCUT2D eigenvalue weighted by Crippen LogP contribution is 2.35. The Morgan fingerprint density at radius 3 is 2.76 bits per heavy atom. The molecule has 1 aromatic heterocycles. The third-order valence-electron chi connectivity index (χ3n) is 4.65. The highest BCUT2D eigenvalue weighted by Gasteiger charge is 2.21. The fourth-order valence-corrected chi connectivity index (χ4v) is 3.53. The van der Waals surface area contributed by atoms with Gasteiger partial charge >= 0.3 is 0 Å². The van der Waals surface area contributed by atoms with Gasteiger partial charge < -0.3 is 4.57 Å². The molecule has 2 aromatic carbocycles. The quantitative estimate of drug-likeness (QED) is 0.598. The third kappa shape index (κ3) is 1.92. The molecule has 0 amide bonds. The molecule has 1 aliphatic carbocycles. The summed E-state index contributed by atoms with van der Waals surface area (Å²) in [5.41, 5.74) is 6.94. The van der Waals surface area contributed by atoms with E-state index in [-0.39, 0.29) is 0 Å². The Balaban J connectivity index is 1.82. The third-order valence-corrected chi connectivity index (χ3v) is 4.65. The lowest BCUT2D eigenvalue weighted by Gasteiger charge is -2.19. The highest BCUT2D eigenvalue weighted by atomic mass is 14.9. The van der Waals surface area contributed by atoms with Crippen LogP contribution in [0.2, 0.25) is 0 Å². The van der Waals surface area contributed by atoms with Crippen LogP contribution in [0.3, 0.4) is 0 Å². The second-order valence-electron chi connectivity index (χ2n) is 6.02. The summed E-state index contributed by atoms with van der Waals surface area (Å²) >= 11 is 0. The predicted octanol–water partition coefficient (Wildman–Crippen LogP) is 4.84. The Morgan fingerprint density at radius 1 is 1.05 bits per heavy atom. The van der Waals surface area contributed by atoms with Crippen molar-refractivity contribution >= 4 is 17.0 Å². The van der Waals surface area contributed by atoms with Gasteiger partial charge in [0.25, 0.3) is 0 Å². The van der Waals surface area contributed by atoms with Crippen molar-refractivity contribution in [2.45, 2.75) is 19.3 Å². The summed E-state index contributed by atoms with van der Waals surface area (Å²) in [5, 5.41) is 1.37. The van der Waals surface area contributed by atoms with E-state index < -0.39 is 0 Å². The van der Waals surface area contributed by atoms with E-state index in [1.807, 2.05) is 0 Å². The Kier molecular flexibility index (Phi) is 2.75. The standard InChI is InChI=1S/C20H19N/c1-14-6-5-7-15(12-14)16-10-11-18-17-8-3-4-9-19(17)21(2)20(18)13-16/h3-12,16H,13H2,1-2H3. The number of nitrogens with zero attached hydrogens (tertiary/aromatic N) is 1. The maximum Gasteiger partial charge on any atom is 0.0486 e. The van der Waals surface area contributed by atoms with Crippen LogP contribution in [0.15, 0.2) is 54.6 Å². The van der Waals surface area contributed by atoms with Crippen LogP contribution >= 0.6 is 0 Å². The smallest absolute Gasteiger partial charge is 0.0486 e. The Labute approximate surface area is 125 Å². The second-order valence-corrected chi connectivity index (χ2v) is 6.02. The first-order valence-electron chi connectivity index (χ1n) is 7.55. The minimum Gasteiger partial charge on any atom is -0.347 e. The van der Waals surface area contributed by atoms with Gasteiger partial charge in [-0.3, -0.25) is 0 Å². The van der Waals surface area contributed by atoms with Gasteiger partial charge in [0.2, 0.25) is 0 Å². The van der Waals surface area contributed by atoms with Gasteiger partial charge in [-0.1, -0.05) is 60.2 Å². The molecule has 1 heteroatoms. The average Bonchev–Trinajstić information content (AvgIpc) is 2.81. The number of aryl methyl sites for hydroxylation is 2. The fraction of sp³-hybridized carbons (Fsp3) is 0.200. The predicted molar refractivity (Wildman–Crippen MR) is 89.6 cm³/mol. The molecule has 1 heterocycles. The number of hydrogen-bond donors (Lipinski definition) is 0. The monoisotopic (exact) mass is 273 g/mol. The number of benzene rings is 2. The van der Waals surface area contributed by atoms with E-state index in [1.165, 1.54) is 33.3 Å². The van der Waals surface area contributed by atoms with Crippen molar-refractivity contribution in [3.8, 4) is 0 Å². The van der Waals surface area contributed by atoms with Gasteiger partial charge in [0, 0.05) is 35.1 Å². The van der Waals surface area contributed by atoms with Gasteiger partial charge in [-0.05, 0) is 25.0 Å². The molecule has 1 aliphatic rings. The van der Waals surface area contributed by atoms with Crippen LogP contribution in [0.5, 0.6) is 0 Å².